The van der Waals surface area contributed by atoms with E-state index in [1.165, 1.54) is 6.07 Å². The fourth-order valence-corrected chi connectivity index (χ4v) is 2.26. The summed E-state index contributed by atoms with van der Waals surface area (Å²) in [5.74, 6) is 0.619. The van der Waals surface area contributed by atoms with Crippen LogP contribution >= 0.6 is 0 Å². The molecule has 0 unspecified atom stereocenters. The Morgan fingerprint density at radius 2 is 2.00 bits per heavy atom. The summed E-state index contributed by atoms with van der Waals surface area (Å²) < 4.78 is 19.2. The molecule has 0 saturated heterocycles. The molecule has 3 nitrogen and oxygen atoms in total. The number of nitrogens with zero attached hydrogens (tertiary/aromatic N) is 1. The molecule has 0 spiro atoms. The van der Waals surface area contributed by atoms with Crippen molar-refractivity contribution in [3.05, 3.63) is 59.4 Å². The lowest BCUT2D eigenvalue weighted by Crippen LogP contribution is -2.17. The highest BCUT2D eigenvalue weighted by Crippen LogP contribution is 2.22. The molecule has 0 saturated carbocycles. The molecule has 0 radical (unpaired) electrons. The first-order chi connectivity index (χ1) is 10.1. The number of rotatable bonds is 6. The molecule has 0 bridgehead atoms. The van der Waals surface area contributed by atoms with Crippen LogP contribution in [0.15, 0.2) is 42.5 Å². The predicted octanol–water partition coefficient (Wildman–Crippen LogP) is 3.19. The second kappa shape index (κ2) is 7.09. The molecule has 2 rings (SSSR count). The van der Waals surface area contributed by atoms with Crippen molar-refractivity contribution in [2.24, 2.45) is 0 Å². The third-order valence-electron chi connectivity index (χ3n) is 3.39. The summed E-state index contributed by atoms with van der Waals surface area (Å²) in [6, 6.07) is 13.0. The molecule has 0 aliphatic carbocycles. The molecule has 21 heavy (non-hydrogen) atoms. The molecule has 112 valence electrons. The Bertz CT molecular complexity index is 601. The smallest absolute Gasteiger partial charge is 0.128 e. The zero-order valence-corrected chi connectivity index (χ0v) is 12.7. The summed E-state index contributed by atoms with van der Waals surface area (Å²) in [5, 5.41) is 3.08. The predicted molar refractivity (Wildman–Crippen MR) is 84.3 cm³/mol. The van der Waals surface area contributed by atoms with Crippen LogP contribution in [0.5, 0.6) is 5.75 Å². The van der Waals surface area contributed by atoms with Crippen molar-refractivity contribution >= 4 is 5.69 Å². The van der Waals surface area contributed by atoms with Gasteiger partial charge in [0.2, 0.25) is 0 Å². The summed E-state index contributed by atoms with van der Waals surface area (Å²) in [5.41, 5.74) is 2.76. The molecule has 4 heteroatoms. The van der Waals surface area contributed by atoms with Crippen LogP contribution in [0, 0.1) is 5.82 Å². The molecule has 2 aromatic carbocycles. The van der Waals surface area contributed by atoms with Gasteiger partial charge in [0.05, 0.1) is 7.11 Å². The second-order valence-corrected chi connectivity index (χ2v) is 5.01. The van der Waals surface area contributed by atoms with Crippen LogP contribution in [-0.2, 0) is 13.1 Å². The van der Waals surface area contributed by atoms with Gasteiger partial charge in [-0.15, -0.1) is 0 Å². The van der Waals surface area contributed by atoms with Crippen LogP contribution < -0.4 is 15.0 Å². The normalized spacial score (nSPS) is 10.5. The molecular formula is C17H21FN2O. The number of benzene rings is 2. The first-order valence-electron chi connectivity index (χ1n) is 6.91. The third kappa shape index (κ3) is 3.95. The zero-order valence-electron chi connectivity index (χ0n) is 12.7. The minimum atomic E-state index is -0.176. The highest BCUT2D eigenvalue weighted by atomic mass is 19.1. The lowest BCUT2D eigenvalue weighted by molar-refractivity contribution is 0.415. The van der Waals surface area contributed by atoms with E-state index in [4.69, 9.17) is 4.74 Å². The van der Waals surface area contributed by atoms with E-state index in [1.807, 2.05) is 49.3 Å². The van der Waals surface area contributed by atoms with E-state index in [9.17, 15) is 4.39 Å². The maximum atomic E-state index is 14.0. The zero-order chi connectivity index (χ0) is 15.2. The topological polar surface area (TPSA) is 24.5 Å². The first-order valence-corrected chi connectivity index (χ1v) is 6.91. The fourth-order valence-electron chi connectivity index (χ4n) is 2.26. The highest BCUT2D eigenvalue weighted by Gasteiger charge is 2.08. The largest absolute Gasteiger partial charge is 0.497 e. The Hall–Kier alpha value is -2.07. The molecule has 2 aromatic rings. The summed E-state index contributed by atoms with van der Waals surface area (Å²) in [6.45, 7) is 1.24. The van der Waals surface area contributed by atoms with Crippen LogP contribution in [0.4, 0.5) is 10.1 Å². The number of hydrogen-bond donors (Lipinski definition) is 1. The Morgan fingerprint density at radius 1 is 1.19 bits per heavy atom. The number of methoxy groups -OCH3 is 1. The van der Waals surface area contributed by atoms with Gasteiger partial charge in [-0.3, -0.25) is 0 Å². The van der Waals surface area contributed by atoms with Gasteiger partial charge >= 0.3 is 0 Å². The Kier molecular flexibility index (Phi) is 5.17. The lowest BCUT2D eigenvalue weighted by Gasteiger charge is -2.20. The van der Waals surface area contributed by atoms with Gasteiger partial charge in [0.15, 0.2) is 0 Å². The van der Waals surface area contributed by atoms with Crippen LogP contribution in [0.3, 0.4) is 0 Å². The average Bonchev–Trinajstić information content (AvgIpc) is 2.51. The van der Waals surface area contributed by atoms with Crippen molar-refractivity contribution in [3.8, 4) is 5.75 Å². The van der Waals surface area contributed by atoms with Crippen molar-refractivity contribution in [2.75, 3.05) is 26.1 Å². The van der Waals surface area contributed by atoms with E-state index >= 15 is 0 Å². The Morgan fingerprint density at radius 3 is 2.71 bits per heavy atom. The maximum absolute atomic E-state index is 14.0. The Balaban J connectivity index is 2.18. The van der Waals surface area contributed by atoms with Crippen LogP contribution in [0.2, 0.25) is 0 Å². The molecular weight excluding hydrogens is 267 g/mol. The van der Waals surface area contributed by atoms with Crippen LogP contribution in [-0.4, -0.2) is 21.2 Å². The standard InChI is InChI=1S/C17H21FN2O/c1-19-11-13-7-8-17(18)14(9-13)12-20(2)15-5-4-6-16(10-15)21-3/h4-10,19H,11-12H2,1-3H3. The molecule has 0 fully saturated rings. The molecule has 0 aromatic heterocycles. The van der Waals surface area contributed by atoms with Crippen LogP contribution in [0.1, 0.15) is 11.1 Å². The van der Waals surface area contributed by atoms with Gasteiger partial charge in [-0.05, 0) is 36.9 Å². The fraction of sp³-hybridized carbons (Fsp3) is 0.294. The van der Waals surface area contributed by atoms with Gasteiger partial charge in [-0.25, -0.2) is 4.39 Å². The highest BCUT2D eigenvalue weighted by molar-refractivity contribution is 5.50. The Labute approximate surface area is 125 Å². The van der Waals surface area contributed by atoms with E-state index in [0.29, 0.717) is 12.1 Å². The van der Waals surface area contributed by atoms with Crippen molar-refractivity contribution in [3.63, 3.8) is 0 Å². The van der Waals surface area contributed by atoms with Gasteiger partial charge in [0.25, 0.3) is 0 Å². The van der Waals surface area contributed by atoms with Gasteiger partial charge in [0, 0.05) is 37.5 Å². The SMILES string of the molecule is CNCc1ccc(F)c(CN(C)c2cccc(OC)c2)c1. The number of ether oxygens (including phenoxy) is 1. The maximum Gasteiger partial charge on any atom is 0.128 e. The van der Waals surface area contributed by atoms with Crippen LogP contribution in [0.25, 0.3) is 0 Å². The van der Waals surface area contributed by atoms with Gasteiger partial charge in [0.1, 0.15) is 11.6 Å². The van der Waals surface area contributed by atoms with Crippen molar-refractivity contribution < 1.29 is 9.13 Å². The number of anilines is 1. The summed E-state index contributed by atoms with van der Waals surface area (Å²) in [4.78, 5) is 2.00. The van der Waals surface area contributed by atoms with Crippen molar-refractivity contribution in [1.82, 2.24) is 5.32 Å². The molecule has 0 atom stereocenters. The van der Waals surface area contributed by atoms with E-state index < -0.39 is 0 Å². The third-order valence-corrected chi connectivity index (χ3v) is 3.39. The first kappa shape index (κ1) is 15.3. The monoisotopic (exact) mass is 288 g/mol. The molecule has 0 aliphatic heterocycles. The molecule has 1 N–H and O–H groups in total. The quantitative estimate of drug-likeness (QED) is 0.883. The van der Waals surface area contributed by atoms with Crippen molar-refractivity contribution in [1.29, 1.82) is 0 Å². The van der Waals surface area contributed by atoms with E-state index in [1.54, 1.807) is 13.2 Å². The second-order valence-electron chi connectivity index (χ2n) is 5.01. The minimum absolute atomic E-state index is 0.176. The van der Waals surface area contributed by atoms with E-state index in [-0.39, 0.29) is 5.82 Å². The summed E-state index contributed by atoms with van der Waals surface area (Å²) in [7, 11) is 5.46. The lowest BCUT2D eigenvalue weighted by atomic mass is 10.1. The molecule has 0 aliphatic rings. The molecule has 0 heterocycles. The number of nitrogens with one attached hydrogen (secondary N) is 1. The summed E-state index contributed by atoms with van der Waals surface area (Å²) >= 11 is 0. The minimum Gasteiger partial charge on any atom is -0.497 e. The molecule has 0 amide bonds. The van der Waals surface area contributed by atoms with E-state index in [0.717, 1.165) is 23.5 Å². The van der Waals surface area contributed by atoms with E-state index in [2.05, 4.69) is 5.32 Å². The summed E-state index contributed by atoms with van der Waals surface area (Å²) in [6.07, 6.45) is 0. The number of halogens is 1. The average molecular weight is 288 g/mol. The van der Waals surface area contributed by atoms with Gasteiger partial charge < -0.3 is 15.0 Å². The van der Waals surface area contributed by atoms with Crippen molar-refractivity contribution in [2.45, 2.75) is 13.1 Å². The van der Waals surface area contributed by atoms with Gasteiger partial charge in [-0.2, -0.15) is 0 Å². The number of hydrogen-bond acceptors (Lipinski definition) is 3. The van der Waals surface area contributed by atoms with Gasteiger partial charge in [-0.1, -0.05) is 12.1 Å².